The number of aromatic nitrogens is 1. The van der Waals surface area contributed by atoms with E-state index in [0.717, 1.165) is 4.88 Å². The molecular weight excluding hydrogens is 490 g/mol. The minimum absolute atomic E-state index is 0.00572. The van der Waals surface area contributed by atoms with Crippen molar-refractivity contribution in [3.8, 4) is 11.5 Å². The van der Waals surface area contributed by atoms with E-state index in [1.54, 1.807) is 26.8 Å². The number of ether oxygens (including phenoxy) is 2. The van der Waals surface area contributed by atoms with Crippen molar-refractivity contribution in [3.05, 3.63) is 43.2 Å². The molecule has 1 aliphatic rings. The molecule has 1 unspecified atom stereocenters. The molecule has 4 rings (SSSR count). The van der Waals surface area contributed by atoms with Crippen LogP contribution in [0.2, 0.25) is 5.02 Å². The molecule has 1 atom stereocenters. The van der Waals surface area contributed by atoms with Gasteiger partial charge in [0.05, 0.1) is 11.3 Å². The van der Waals surface area contributed by atoms with Crippen molar-refractivity contribution >= 4 is 57.6 Å². The fourth-order valence-corrected chi connectivity index (χ4v) is 6.02. The van der Waals surface area contributed by atoms with Gasteiger partial charge in [-0.2, -0.15) is 4.72 Å². The summed E-state index contributed by atoms with van der Waals surface area (Å²) in [6.07, 6.45) is 0. The first-order valence-corrected chi connectivity index (χ1v) is 12.1. The van der Waals surface area contributed by atoms with Crippen molar-refractivity contribution in [1.29, 1.82) is 0 Å². The zero-order valence-corrected chi connectivity index (χ0v) is 20.8. The van der Waals surface area contributed by atoms with E-state index in [-0.39, 0.29) is 33.9 Å². The van der Waals surface area contributed by atoms with Crippen molar-refractivity contribution in [2.75, 3.05) is 16.8 Å². The number of benzene rings is 1. The van der Waals surface area contributed by atoms with E-state index in [4.69, 9.17) is 25.6 Å². The summed E-state index contributed by atoms with van der Waals surface area (Å²) in [4.78, 5) is 27.1. The van der Waals surface area contributed by atoms with E-state index < -0.39 is 17.3 Å². The van der Waals surface area contributed by atoms with Gasteiger partial charge in [0.25, 0.3) is 11.8 Å². The second kappa shape index (κ2) is 8.90. The minimum atomic E-state index is -1.86. The maximum absolute atomic E-state index is 13.3. The third-order valence-electron chi connectivity index (χ3n) is 5.15. The fourth-order valence-electron chi connectivity index (χ4n) is 3.37. The first-order valence-electron chi connectivity index (χ1n) is 9.75. The third kappa shape index (κ3) is 4.17. The largest absolute Gasteiger partial charge is 0.588 e. The van der Waals surface area contributed by atoms with Gasteiger partial charge in [0.2, 0.25) is 11.7 Å². The van der Waals surface area contributed by atoms with Gasteiger partial charge in [0.1, 0.15) is 22.1 Å². The summed E-state index contributed by atoms with van der Waals surface area (Å²) in [7, 11) is 0. The van der Waals surface area contributed by atoms with Crippen LogP contribution in [0, 0.1) is 27.7 Å². The monoisotopic (exact) mass is 509 g/mol. The van der Waals surface area contributed by atoms with Gasteiger partial charge in [-0.1, -0.05) is 16.8 Å². The van der Waals surface area contributed by atoms with Gasteiger partial charge in [-0.25, -0.2) is 0 Å². The maximum Gasteiger partial charge on any atom is 0.284 e. The van der Waals surface area contributed by atoms with Gasteiger partial charge in [-0.05, 0) is 46.2 Å². The summed E-state index contributed by atoms with van der Waals surface area (Å²) in [5.41, 5.74) is 2.32. The molecule has 33 heavy (non-hydrogen) atoms. The van der Waals surface area contributed by atoms with E-state index >= 15 is 0 Å². The summed E-state index contributed by atoms with van der Waals surface area (Å²) in [6, 6.07) is 1.70. The summed E-state index contributed by atoms with van der Waals surface area (Å²) < 4.78 is 31.8. The number of halogens is 1. The molecule has 0 saturated carbocycles. The van der Waals surface area contributed by atoms with Crippen LogP contribution in [0.5, 0.6) is 11.5 Å². The molecule has 0 spiro atoms. The van der Waals surface area contributed by atoms with Crippen LogP contribution < -0.4 is 19.5 Å². The second-order valence-corrected chi connectivity index (χ2v) is 10.2. The predicted molar refractivity (Wildman–Crippen MR) is 125 cm³/mol. The van der Waals surface area contributed by atoms with E-state index in [0.29, 0.717) is 38.9 Å². The van der Waals surface area contributed by atoms with Crippen LogP contribution in [-0.2, 0) is 11.4 Å². The third-order valence-corrected chi connectivity index (χ3v) is 8.18. The molecule has 1 amide bonds. The molecule has 3 aromatic rings. The fraction of sp³-hybridized carbons (Fsp3) is 0.286. The molecule has 0 aliphatic carbocycles. The Morgan fingerprint density at radius 1 is 1.24 bits per heavy atom. The van der Waals surface area contributed by atoms with Crippen molar-refractivity contribution < 1.29 is 28.1 Å². The van der Waals surface area contributed by atoms with E-state index in [1.807, 2.05) is 6.92 Å². The Hall–Kier alpha value is -2.73. The normalized spacial score (nSPS) is 13.2. The number of nitrogens with zero attached hydrogens (tertiary/aromatic N) is 1. The highest BCUT2D eigenvalue weighted by atomic mass is 35.5. The first kappa shape index (κ1) is 23.4. The van der Waals surface area contributed by atoms with E-state index in [1.165, 1.54) is 18.3 Å². The lowest BCUT2D eigenvalue weighted by Crippen LogP contribution is -2.20. The summed E-state index contributed by atoms with van der Waals surface area (Å²) in [5, 5.41) is 6.76. The molecule has 1 aliphatic heterocycles. The number of hydrogen-bond acceptors (Lipinski definition) is 9. The highest BCUT2D eigenvalue weighted by molar-refractivity contribution is 7.93. The number of Topliss-reactive ketones (excluding diaryl/α,β-unsaturated/α-hetero) is 1. The molecular formula is C21H20ClN3O6S2. The van der Waals surface area contributed by atoms with Crippen LogP contribution in [0.4, 0.5) is 11.6 Å². The molecule has 12 heteroatoms. The molecule has 2 aromatic heterocycles. The molecule has 0 fully saturated rings. The van der Waals surface area contributed by atoms with Crippen molar-refractivity contribution in [2.45, 2.75) is 39.5 Å². The number of thiophene rings is 1. The molecule has 0 bridgehead atoms. The Morgan fingerprint density at radius 3 is 2.61 bits per heavy atom. The molecule has 0 saturated heterocycles. The number of ketones is 1. The van der Waals surface area contributed by atoms with Crippen LogP contribution in [0.25, 0.3) is 0 Å². The van der Waals surface area contributed by atoms with Crippen LogP contribution in [0.1, 0.15) is 48.7 Å². The van der Waals surface area contributed by atoms with Gasteiger partial charge in [0, 0.05) is 10.4 Å². The Labute approximate surface area is 201 Å². The Morgan fingerprint density at radius 2 is 1.97 bits per heavy atom. The van der Waals surface area contributed by atoms with Crippen LogP contribution in [-0.4, -0.2) is 28.2 Å². The van der Waals surface area contributed by atoms with Crippen molar-refractivity contribution in [1.82, 2.24) is 5.16 Å². The minimum Gasteiger partial charge on any atom is -0.588 e. The zero-order chi connectivity index (χ0) is 24.0. The van der Waals surface area contributed by atoms with Crippen molar-refractivity contribution in [3.63, 3.8) is 0 Å². The number of amides is 1. The predicted octanol–water partition coefficient (Wildman–Crippen LogP) is 4.94. The lowest BCUT2D eigenvalue weighted by atomic mass is 10.0. The molecule has 3 heterocycles. The van der Waals surface area contributed by atoms with Gasteiger partial charge in [0.15, 0.2) is 22.2 Å². The second-order valence-electron chi connectivity index (χ2n) is 7.41. The summed E-state index contributed by atoms with van der Waals surface area (Å²) in [6.45, 7) is 8.39. The number of anilines is 2. The maximum atomic E-state index is 13.3. The first-order chi connectivity index (χ1) is 15.6. The number of hydrogen-bond donors (Lipinski definition) is 2. The van der Waals surface area contributed by atoms with Gasteiger partial charge in [-0.15, -0.1) is 11.3 Å². The highest BCUT2D eigenvalue weighted by Crippen LogP contribution is 2.43. The Balaban J connectivity index is 1.70. The Kier molecular flexibility index (Phi) is 6.32. The van der Waals surface area contributed by atoms with E-state index in [2.05, 4.69) is 15.2 Å². The van der Waals surface area contributed by atoms with Crippen LogP contribution in [0.15, 0.2) is 15.5 Å². The van der Waals surface area contributed by atoms with E-state index in [9.17, 15) is 14.1 Å². The number of rotatable bonds is 6. The molecule has 174 valence electrons. The number of fused-ring (bicyclic) bond motifs is 1. The number of carbonyl (C=O) groups excluding carboxylic acids is 2. The average Bonchev–Trinajstić information content (AvgIpc) is 3.42. The number of carbonyl (C=O) groups is 2. The molecule has 9 nitrogen and oxygen atoms in total. The average molecular weight is 510 g/mol. The SMILES string of the molecule is CC(=O)c1c(NC(=O)c2sc(C)c(C)c2[S+]([O-])Nc2onc(C)c2Cl)c(C)cc2c1OCO2. The quantitative estimate of drug-likeness (QED) is 0.353. The molecule has 0 radical (unpaired) electrons. The highest BCUT2D eigenvalue weighted by Gasteiger charge is 2.33. The summed E-state index contributed by atoms with van der Waals surface area (Å²) >= 11 is 5.46. The molecule has 1 aromatic carbocycles. The lowest BCUT2D eigenvalue weighted by Gasteiger charge is -2.15. The summed E-state index contributed by atoms with van der Waals surface area (Å²) in [5.74, 6) is -0.000171. The standard InChI is InChI=1S/C21H20ClN3O6S2/c1-8-6-13-17(30-7-29-13)14(11(4)26)16(8)23-20(27)18-19(9(2)12(5)32-18)33(28)25-21-15(22)10(3)24-31-21/h6,25H,7H2,1-5H3,(H,23,27). The lowest BCUT2D eigenvalue weighted by molar-refractivity contribution is 0.101. The Bertz CT molecular complexity index is 1290. The number of nitrogens with one attached hydrogen (secondary N) is 2. The van der Waals surface area contributed by atoms with Crippen molar-refractivity contribution in [2.24, 2.45) is 0 Å². The topological polar surface area (TPSA) is 126 Å². The van der Waals surface area contributed by atoms with Crippen LogP contribution in [0.3, 0.4) is 0 Å². The van der Waals surface area contributed by atoms with Gasteiger partial charge in [-0.3, -0.25) is 9.59 Å². The zero-order valence-electron chi connectivity index (χ0n) is 18.4. The smallest absolute Gasteiger partial charge is 0.284 e. The molecule has 2 N–H and O–H groups in total. The number of aryl methyl sites for hydroxylation is 3. The van der Waals surface area contributed by atoms with Gasteiger partial charge >= 0.3 is 0 Å². The van der Waals surface area contributed by atoms with Crippen LogP contribution >= 0.6 is 22.9 Å². The van der Waals surface area contributed by atoms with Gasteiger partial charge < -0.3 is 23.9 Å².